The molecule has 3 N–H and O–H groups in total. The van der Waals surface area contributed by atoms with Crippen molar-refractivity contribution >= 4 is 33.0 Å². The predicted molar refractivity (Wildman–Crippen MR) is 148 cm³/mol. The largest absolute Gasteiger partial charge is 0.477 e. The van der Waals surface area contributed by atoms with Crippen molar-refractivity contribution in [3.05, 3.63) is 47.6 Å². The number of hydrogen-bond acceptors (Lipinski definition) is 11. The number of carbonyl (C=O) groups excluding carboxylic acids is 1. The summed E-state index contributed by atoms with van der Waals surface area (Å²) in [6, 6.07) is 3.55. The van der Waals surface area contributed by atoms with Crippen LogP contribution in [0.2, 0.25) is 0 Å². The minimum Gasteiger partial charge on any atom is -0.477 e. The number of nitrogens with zero attached hydrogens (tertiary/aromatic N) is 5. The highest BCUT2D eigenvalue weighted by atomic mass is 32.2. The summed E-state index contributed by atoms with van der Waals surface area (Å²) in [5, 5.41) is 0.0461. The lowest BCUT2D eigenvalue weighted by atomic mass is 10.2. The molecular weight excluding hydrogens is 542 g/mol. The molecule has 39 heavy (non-hydrogen) atoms. The molecule has 0 aromatic carbocycles. The molecule has 0 bridgehead atoms. The molecule has 5 rings (SSSR count). The standard InChI is InChI=1S/C15H23N3O3S.C10H10N4O2S/c19-22(20,15-2-3-15)17-14-4-6-16-13(12-14)5-8-18-7-1-10-21-11-9-18;1-2-16-8-5-12-3-6(14-8)7-4-13-10(17-7)9(11)15/h4,6,12,15H,1-3,5,7-11H2,(H,16,17);3-5H,2H2,1H3,(H2,11,15). The van der Waals surface area contributed by atoms with Crippen LogP contribution in [-0.2, 0) is 21.2 Å². The van der Waals surface area contributed by atoms with E-state index < -0.39 is 15.9 Å². The minimum absolute atomic E-state index is 0.207. The number of carbonyl (C=O) groups is 1. The summed E-state index contributed by atoms with van der Waals surface area (Å²) in [5.74, 6) is -0.103. The Morgan fingerprint density at radius 2 is 2.08 bits per heavy atom. The first kappa shape index (κ1) is 28.8. The molecule has 14 heteroatoms. The van der Waals surface area contributed by atoms with Crippen LogP contribution in [0.1, 0.15) is 41.7 Å². The van der Waals surface area contributed by atoms with E-state index in [0.29, 0.717) is 23.9 Å². The molecule has 1 saturated heterocycles. The number of hydrogen-bond donors (Lipinski definition) is 2. The summed E-state index contributed by atoms with van der Waals surface area (Å²) in [6.07, 6.45) is 9.75. The first-order valence-electron chi connectivity index (χ1n) is 12.8. The molecule has 0 atom stereocenters. The quantitative estimate of drug-likeness (QED) is 0.367. The van der Waals surface area contributed by atoms with Crippen LogP contribution in [0, 0.1) is 0 Å². The van der Waals surface area contributed by atoms with Crippen LogP contribution >= 0.6 is 11.3 Å². The first-order chi connectivity index (χ1) is 18.8. The van der Waals surface area contributed by atoms with Gasteiger partial charge in [0.05, 0.1) is 41.4 Å². The average Bonchev–Trinajstić information content (AvgIpc) is 3.72. The molecule has 0 radical (unpaired) electrons. The second-order valence-corrected chi connectivity index (χ2v) is 12.0. The molecule has 1 saturated carbocycles. The molecule has 0 unspecified atom stereocenters. The van der Waals surface area contributed by atoms with E-state index in [1.54, 1.807) is 24.7 Å². The van der Waals surface area contributed by atoms with Crippen LogP contribution in [0.5, 0.6) is 5.88 Å². The van der Waals surface area contributed by atoms with Gasteiger partial charge in [-0.25, -0.2) is 18.4 Å². The van der Waals surface area contributed by atoms with E-state index in [1.807, 2.05) is 13.0 Å². The maximum atomic E-state index is 12.0. The van der Waals surface area contributed by atoms with Crippen molar-refractivity contribution in [2.75, 3.05) is 44.2 Å². The van der Waals surface area contributed by atoms with Crippen molar-refractivity contribution in [1.29, 1.82) is 0 Å². The lowest BCUT2D eigenvalue weighted by Gasteiger charge is -2.18. The van der Waals surface area contributed by atoms with Gasteiger partial charge in [-0.1, -0.05) is 0 Å². The third-order valence-electron chi connectivity index (χ3n) is 5.91. The number of sulfonamides is 1. The minimum atomic E-state index is -3.20. The molecular formula is C25H33N7O5S2. The summed E-state index contributed by atoms with van der Waals surface area (Å²) in [5.41, 5.74) is 7.28. The van der Waals surface area contributed by atoms with E-state index in [1.165, 1.54) is 17.5 Å². The van der Waals surface area contributed by atoms with Gasteiger partial charge < -0.3 is 20.1 Å². The maximum absolute atomic E-state index is 12.0. The Balaban J connectivity index is 0.000000187. The topological polar surface area (TPSA) is 163 Å². The zero-order valence-electron chi connectivity index (χ0n) is 21.8. The van der Waals surface area contributed by atoms with Crippen LogP contribution in [0.3, 0.4) is 0 Å². The van der Waals surface area contributed by atoms with Crippen LogP contribution in [-0.4, -0.2) is 83.9 Å². The van der Waals surface area contributed by atoms with E-state index in [0.717, 1.165) is 69.1 Å². The molecule has 3 aromatic rings. The summed E-state index contributed by atoms with van der Waals surface area (Å²) in [6.45, 7) is 6.94. The fourth-order valence-corrected chi connectivity index (χ4v) is 5.89. The van der Waals surface area contributed by atoms with Crippen molar-refractivity contribution in [3.8, 4) is 16.5 Å². The van der Waals surface area contributed by atoms with Gasteiger partial charge in [-0.05, 0) is 38.3 Å². The number of nitrogens with two attached hydrogens (primary N) is 1. The number of rotatable bonds is 10. The summed E-state index contributed by atoms with van der Waals surface area (Å²) < 4.78 is 37.3. The third kappa shape index (κ3) is 8.92. The lowest BCUT2D eigenvalue weighted by Crippen LogP contribution is -2.28. The van der Waals surface area contributed by atoms with Crippen LogP contribution < -0.4 is 15.2 Å². The maximum Gasteiger partial charge on any atom is 0.277 e. The molecule has 1 amide bonds. The molecule has 2 fully saturated rings. The predicted octanol–water partition coefficient (Wildman–Crippen LogP) is 2.35. The van der Waals surface area contributed by atoms with E-state index in [4.69, 9.17) is 15.2 Å². The van der Waals surface area contributed by atoms with Crippen molar-refractivity contribution < 1.29 is 22.7 Å². The number of aromatic nitrogens is 4. The number of nitrogens with one attached hydrogen (secondary N) is 1. The SMILES string of the molecule is CCOc1cncc(-c2cnc(C(N)=O)s2)n1.O=S(=O)(Nc1ccnc(CCN2CCCOCC2)c1)C1CC1. The van der Waals surface area contributed by atoms with Gasteiger partial charge in [0.25, 0.3) is 5.91 Å². The molecule has 1 aliphatic heterocycles. The summed E-state index contributed by atoms with van der Waals surface area (Å²) in [7, 11) is -3.20. The Morgan fingerprint density at radius 1 is 1.23 bits per heavy atom. The third-order valence-corrected chi connectivity index (χ3v) is 8.82. The number of thiazole rings is 1. The van der Waals surface area contributed by atoms with Crippen molar-refractivity contribution in [2.45, 2.75) is 37.9 Å². The van der Waals surface area contributed by atoms with E-state index in [9.17, 15) is 13.2 Å². The van der Waals surface area contributed by atoms with Gasteiger partial charge in [0.2, 0.25) is 15.9 Å². The van der Waals surface area contributed by atoms with Gasteiger partial charge in [-0.15, -0.1) is 11.3 Å². The van der Waals surface area contributed by atoms with E-state index in [-0.39, 0.29) is 10.3 Å². The average molecular weight is 576 g/mol. The fraction of sp³-hybridized carbons (Fsp3) is 0.480. The number of primary amides is 1. The Hall–Kier alpha value is -3.20. The zero-order valence-corrected chi connectivity index (χ0v) is 23.4. The van der Waals surface area contributed by atoms with Gasteiger partial charge >= 0.3 is 0 Å². The van der Waals surface area contributed by atoms with Crippen molar-refractivity contribution in [2.24, 2.45) is 5.73 Å². The lowest BCUT2D eigenvalue weighted by molar-refractivity contribution is 0.1000. The number of pyridine rings is 1. The number of anilines is 1. The van der Waals surface area contributed by atoms with Crippen LogP contribution in [0.4, 0.5) is 5.69 Å². The zero-order chi connectivity index (χ0) is 27.7. The van der Waals surface area contributed by atoms with Crippen molar-refractivity contribution in [1.82, 2.24) is 24.8 Å². The van der Waals surface area contributed by atoms with Crippen molar-refractivity contribution in [3.63, 3.8) is 0 Å². The smallest absolute Gasteiger partial charge is 0.277 e. The van der Waals surface area contributed by atoms with Crippen LogP contribution in [0.25, 0.3) is 10.6 Å². The Kier molecular flexibility index (Phi) is 10.1. The Labute approximate surface area is 232 Å². The molecule has 12 nitrogen and oxygen atoms in total. The summed E-state index contributed by atoms with van der Waals surface area (Å²) >= 11 is 1.18. The van der Waals surface area contributed by atoms with E-state index in [2.05, 4.69) is 29.6 Å². The van der Waals surface area contributed by atoms with Gasteiger partial charge in [0.1, 0.15) is 5.69 Å². The number of ether oxygens (including phenoxy) is 2. The highest BCUT2D eigenvalue weighted by Crippen LogP contribution is 2.29. The molecule has 0 spiro atoms. The van der Waals surface area contributed by atoms with Crippen LogP contribution in [0.15, 0.2) is 36.9 Å². The number of amides is 1. The van der Waals surface area contributed by atoms with Gasteiger partial charge in [0, 0.05) is 50.7 Å². The highest BCUT2D eigenvalue weighted by Gasteiger charge is 2.35. The van der Waals surface area contributed by atoms with Gasteiger partial charge in [-0.3, -0.25) is 19.5 Å². The first-order valence-corrected chi connectivity index (χ1v) is 15.2. The summed E-state index contributed by atoms with van der Waals surface area (Å²) in [4.78, 5) is 30.5. The van der Waals surface area contributed by atoms with E-state index >= 15 is 0 Å². The molecule has 3 aromatic heterocycles. The Bertz CT molecular complexity index is 1340. The highest BCUT2D eigenvalue weighted by molar-refractivity contribution is 7.93. The second kappa shape index (κ2) is 13.7. The molecule has 4 heterocycles. The fourth-order valence-electron chi connectivity index (χ4n) is 3.79. The van der Waals surface area contributed by atoms with Gasteiger partial charge in [-0.2, -0.15) is 0 Å². The molecule has 2 aliphatic rings. The monoisotopic (exact) mass is 575 g/mol. The normalized spacial score (nSPS) is 16.0. The molecule has 1 aliphatic carbocycles. The van der Waals surface area contributed by atoms with Gasteiger partial charge in [0.15, 0.2) is 5.01 Å². The Morgan fingerprint density at radius 3 is 2.82 bits per heavy atom. The second-order valence-electron chi connectivity index (χ2n) is 9.01. The molecule has 210 valence electrons.